The third kappa shape index (κ3) is 3.21. The molecule has 1 unspecified atom stereocenters. The number of hydrogen-bond donors (Lipinski definition) is 0. The van der Waals surface area contributed by atoms with Crippen LogP contribution in [0, 0.1) is 17.2 Å². The van der Waals surface area contributed by atoms with Crippen LogP contribution in [0.4, 0.5) is 0 Å². The Kier molecular flexibility index (Phi) is 4.42. The number of hydrogen-bond acceptors (Lipinski definition) is 2. The number of nitrogens with zero attached hydrogens (tertiary/aromatic N) is 2. The highest BCUT2D eigenvalue weighted by molar-refractivity contribution is 5.77. The molecule has 0 aromatic carbocycles. The normalized spacial score (nSPS) is 25.8. The first-order valence-electron chi connectivity index (χ1n) is 7.00. The predicted octanol–water partition coefficient (Wildman–Crippen LogP) is 2.86. The molecule has 0 bridgehead atoms. The zero-order valence-electron chi connectivity index (χ0n) is 10.5. The van der Waals surface area contributed by atoms with Crippen molar-refractivity contribution in [1.82, 2.24) is 4.90 Å². The third-order valence-electron chi connectivity index (χ3n) is 4.21. The zero-order valence-corrected chi connectivity index (χ0v) is 10.5. The summed E-state index contributed by atoms with van der Waals surface area (Å²) in [6.07, 6.45) is 9.98. The van der Waals surface area contributed by atoms with E-state index in [1.165, 1.54) is 25.7 Å². The maximum Gasteiger partial charge on any atom is 0.223 e. The summed E-state index contributed by atoms with van der Waals surface area (Å²) >= 11 is 0. The lowest BCUT2D eigenvalue weighted by Crippen LogP contribution is -2.42. The van der Waals surface area contributed by atoms with Gasteiger partial charge < -0.3 is 4.90 Å². The molecule has 0 spiro atoms. The number of nitriles is 1. The van der Waals surface area contributed by atoms with E-state index in [4.69, 9.17) is 5.26 Å². The summed E-state index contributed by atoms with van der Waals surface area (Å²) < 4.78 is 0. The second kappa shape index (κ2) is 6.05. The van der Waals surface area contributed by atoms with Crippen molar-refractivity contribution >= 4 is 5.91 Å². The quantitative estimate of drug-likeness (QED) is 0.753. The van der Waals surface area contributed by atoms with Crippen molar-refractivity contribution in [1.29, 1.82) is 5.26 Å². The maximum atomic E-state index is 12.1. The Hall–Kier alpha value is -1.04. The Morgan fingerprint density at radius 1 is 1.18 bits per heavy atom. The van der Waals surface area contributed by atoms with Gasteiger partial charge in [-0.1, -0.05) is 25.7 Å². The molecule has 3 nitrogen and oxygen atoms in total. The van der Waals surface area contributed by atoms with Gasteiger partial charge in [-0.15, -0.1) is 0 Å². The van der Waals surface area contributed by atoms with Crippen LogP contribution >= 0.6 is 0 Å². The number of piperidine rings is 1. The van der Waals surface area contributed by atoms with Gasteiger partial charge in [0.15, 0.2) is 0 Å². The highest BCUT2D eigenvalue weighted by Crippen LogP contribution is 2.29. The Labute approximate surface area is 104 Å². The van der Waals surface area contributed by atoms with Crippen LogP contribution in [0.5, 0.6) is 0 Å². The molecule has 3 heteroatoms. The highest BCUT2D eigenvalue weighted by atomic mass is 16.2. The molecule has 1 heterocycles. The molecular formula is C14H22N2O. The summed E-state index contributed by atoms with van der Waals surface area (Å²) in [5.74, 6) is 0.979. The molecule has 1 saturated heterocycles. The topological polar surface area (TPSA) is 44.1 Å². The van der Waals surface area contributed by atoms with E-state index in [1.807, 2.05) is 4.90 Å². The largest absolute Gasteiger partial charge is 0.327 e. The van der Waals surface area contributed by atoms with Crippen LogP contribution in [0.15, 0.2) is 0 Å². The van der Waals surface area contributed by atoms with E-state index in [9.17, 15) is 4.79 Å². The second-order valence-corrected chi connectivity index (χ2v) is 5.42. The molecule has 94 valence electrons. The van der Waals surface area contributed by atoms with Crippen LogP contribution in [-0.2, 0) is 4.79 Å². The van der Waals surface area contributed by atoms with Crippen LogP contribution < -0.4 is 0 Å². The molecule has 0 aromatic heterocycles. The SMILES string of the molecule is N#CC1CCCCN1C(=O)CCC1CCCC1. The summed E-state index contributed by atoms with van der Waals surface area (Å²) in [7, 11) is 0. The average molecular weight is 234 g/mol. The maximum absolute atomic E-state index is 12.1. The highest BCUT2D eigenvalue weighted by Gasteiger charge is 2.26. The lowest BCUT2D eigenvalue weighted by molar-refractivity contribution is -0.133. The van der Waals surface area contributed by atoms with Crippen LogP contribution in [-0.4, -0.2) is 23.4 Å². The van der Waals surface area contributed by atoms with Crippen LogP contribution in [0.3, 0.4) is 0 Å². The van der Waals surface area contributed by atoms with Gasteiger partial charge in [0.2, 0.25) is 5.91 Å². The number of likely N-dealkylation sites (tertiary alicyclic amines) is 1. The standard InChI is InChI=1S/C14H22N2O/c15-11-13-7-3-4-10-16(13)14(17)9-8-12-5-1-2-6-12/h12-13H,1-10H2. The van der Waals surface area contributed by atoms with Gasteiger partial charge in [0, 0.05) is 13.0 Å². The summed E-state index contributed by atoms with van der Waals surface area (Å²) in [5.41, 5.74) is 0. The monoisotopic (exact) mass is 234 g/mol. The molecule has 1 amide bonds. The van der Waals surface area contributed by atoms with Gasteiger partial charge in [-0.2, -0.15) is 5.26 Å². The van der Waals surface area contributed by atoms with E-state index in [2.05, 4.69) is 6.07 Å². The van der Waals surface area contributed by atoms with Gasteiger partial charge in [0.1, 0.15) is 6.04 Å². The number of amides is 1. The molecule has 0 aromatic rings. The van der Waals surface area contributed by atoms with Gasteiger partial charge >= 0.3 is 0 Å². The number of rotatable bonds is 3. The molecule has 1 atom stereocenters. The van der Waals surface area contributed by atoms with Crippen molar-refractivity contribution in [2.24, 2.45) is 5.92 Å². The lowest BCUT2D eigenvalue weighted by atomic mass is 9.99. The van der Waals surface area contributed by atoms with E-state index in [0.29, 0.717) is 6.42 Å². The minimum atomic E-state index is -0.153. The van der Waals surface area contributed by atoms with Crippen molar-refractivity contribution < 1.29 is 4.79 Å². The second-order valence-electron chi connectivity index (χ2n) is 5.42. The van der Waals surface area contributed by atoms with E-state index < -0.39 is 0 Å². The molecule has 2 aliphatic rings. The van der Waals surface area contributed by atoms with Gasteiger partial charge in [-0.05, 0) is 31.6 Å². The minimum Gasteiger partial charge on any atom is -0.327 e. The average Bonchev–Trinajstić information content (AvgIpc) is 2.89. The Balaban J connectivity index is 1.79. The summed E-state index contributed by atoms with van der Waals surface area (Å²) in [5, 5.41) is 9.05. The van der Waals surface area contributed by atoms with Gasteiger partial charge in [-0.25, -0.2) is 0 Å². The molecule has 1 saturated carbocycles. The van der Waals surface area contributed by atoms with Gasteiger partial charge in [0.25, 0.3) is 0 Å². The van der Waals surface area contributed by atoms with Crippen molar-refractivity contribution in [2.45, 2.75) is 63.8 Å². The van der Waals surface area contributed by atoms with Crippen molar-refractivity contribution in [3.05, 3.63) is 0 Å². The molecule has 17 heavy (non-hydrogen) atoms. The van der Waals surface area contributed by atoms with Crippen molar-refractivity contribution in [2.75, 3.05) is 6.54 Å². The molecule has 2 rings (SSSR count). The predicted molar refractivity (Wildman–Crippen MR) is 66.2 cm³/mol. The zero-order chi connectivity index (χ0) is 12.1. The van der Waals surface area contributed by atoms with Crippen LogP contribution in [0.25, 0.3) is 0 Å². The summed E-state index contributed by atoms with van der Waals surface area (Å²) in [6, 6.07) is 2.12. The Morgan fingerprint density at radius 3 is 2.59 bits per heavy atom. The Bertz CT molecular complexity index is 302. The molecule has 0 N–H and O–H groups in total. The minimum absolute atomic E-state index is 0.153. The molecule has 0 radical (unpaired) electrons. The first-order valence-corrected chi connectivity index (χ1v) is 7.00. The first-order chi connectivity index (χ1) is 8.31. The Morgan fingerprint density at radius 2 is 1.88 bits per heavy atom. The molecular weight excluding hydrogens is 212 g/mol. The van der Waals surface area contributed by atoms with Crippen LogP contribution in [0.1, 0.15) is 57.8 Å². The van der Waals surface area contributed by atoms with Crippen molar-refractivity contribution in [3.8, 4) is 6.07 Å². The van der Waals surface area contributed by atoms with Crippen molar-refractivity contribution in [3.63, 3.8) is 0 Å². The molecule has 2 fully saturated rings. The summed E-state index contributed by atoms with van der Waals surface area (Å²) in [6.45, 7) is 0.793. The fraction of sp³-hybridized carbons (Fsp3) is 0.857. The van der Waals surface area contributed by atoms with E-state index >= 15 is 0 Å². The van der Waals surface area contributed by atoms with Crippen LogP contribution in [0.2, 0.25) is 0 Å². The molecule has 1 aliphatic heterocycles. The van der Waals surface area contributed by atoms with E-state index in [1.54, 1.807) is 0 Å². The molecule has 1 aliphatic carbocycles. The van der Waals surface area contributed by atoms with E-state index in [-0.39, 0.29) is 11.9 Å². The fourth-order valence-corrected chi connectivity index (χ4v) is 3.13. The van der Waals surface area contributed by atoms with Gasteiger partial charge in [-0.3, -0.25) is 4.79 Å². The third-order valence-corrected chi connectivity index (χ3v) is 4.21. The number of carbonyl (C=O) groups excluding carboxylic acids is 1. The van der Waals surface area contributed by atoms with E-state index in [0.717, 1.165) is 38.1 Å². The number of carbonyl (C=O) groups is 1. The fourth-order valence-electron chi connectivity index (χ4n) is 3.13. The smallest absolute Gasteiger partial charge is 0.223 e. The van der Waals surface area contributed by atoms with Gasteiger partial charge in [0.05, 0.1) is 6.07 Å². The summed E-state index contributed by atoms with van der Waals surface area (Å²) in [4.78, 5) is 13.9. The first kappa shape index (κ1) is 12.4. The lowest BCUT2D eigenvalue weighted by Gasteiger charge is -2.31.